The Bertz CT molecular complexity index is 497. The first kappa shape index (κ1) is 14.4. The van der Waals surface area contributed by atoms with Crippen LogP contribution in [0.3, 0.4) is 0 Å². The number of rotatable bonds is 5. The van der Waals surface area contributed by atoms with E-state index in [1.165, 1.54) is 19.2 Å². The van der Waals surface area contributed by atoms with Gasteiger partial charge in [0.15, 0.2) is 6.73 Å². The average molecular weight is 261 g/mol. The monoisotopic (exact) mass is 261 g/mol. The van der Waals surface area contributed by atoms with Gasteiger partial charge in [0.2, 0.25) is 6.29 Å². The van der Waals surface area contributed by atoms with Gasteiger partial charge >= 0.3 is 6.09 Å². The molecule has 0 saturated carbocycles. The van der Waals surface area contributed by atoms with E-state index in [2.05, 4.69) is 15.4 Å². The van der Waals surface area contributed by atoms with Gasteiger partial charge in [-0.25, -0.2) is 4.79 Å². The number of allylic oxidation sites excluding steroid dienone is 1. The third-order valence-corrected chi connectivity index (χ3v) is 2.18. The van der Waals surface area contributed by atoms with E-state index in [-0.39, 0.29) is 6.73 Å². The van der Waals surface area contributed by atoms with Gasteiger partial charge in [-0.2, -0.15) is 0 Å². The Morgan fingerprint density at radius 3 is 2.79 bits per heavy atom. The topological polar surface area (TPSA) is 84.5 Å². The van der Waals surface area contributed by atoms with Crippen molar-refractivity contribution in [2.24, 2.45) is 0 Å². The summed E-state index contributed by atoms with van der Waals surface area (Å²) >= 11 is 0. The van der Waals surface area contributed by atoms with Gasteiger partial charge in [0.25, 0.3) is 5.91 Å². The van der Waals surface area contributed by atoms with Gasteiger partial charge in [-0.1, -0.05) is 24.3 Å². The Balaban J connectivity index is 2.68. The quantitative estimate of drug-likeness (QED) is 0.608. The molecule has 0 bridgehead atoms. The smallest absolute Gasteiger partial charge is 0.408 e. The Kier molecular flexibility index (Phi) is 5.81. The minimum Gasteiger partial charge on any atom is -0.428 e. The third kappa shape index (κ3) is 4.63. The maximum absolute atomic E-state index is 11.8. The van der Waals surface area contributed by atoms with Crippen LogP contribution in [0.1, 0.15) is 15.9 Å². The molecule has 0 atom stereocenters. The number of nitrogens with one attached hydrogen (secondary N) is 2. The SMILES string of the molecule is CNC(=O)OCNC(=O)c1ccccc1/C=C/[C]=O. The number of ether oxygens (including phenoxy) is 1. The highest BCUT2D eigenvalue weighted by Gasteiger charge is 2.09. The Hall–Kier alpha value is -2.63. The number of carbonyl (C=O) groups excluding carboxylic acids is 3. The van der Waals surface area contributed by atoms with Gasteiger partial charge in [0.05, 0.1) is 0 Å². The number of carbonyl (C=O) groups is 2. The maximum Gasteiger partial charge on any atom is 0.408 e. The molecule has 6 heteroatoms. The highest BCUT2D eigenvalue weighted by atomic mass is 16.6. The molecule has 0 unspecified atom stereocenters. The Morgan fingerprint density at radius 2 is 2.11 bits per heavy atom. The molecule has 0 fully saturated rings. The Morgan fingerprint density at radius 1 is 1.37 bits per heavy atom. The maximum atomic E-state index is 11.8. The summed E-state index contributed by atoms with van der Waals surface area (Å²) in [6.07, 6.45) is 3.62. The lowest BCUT2D eigenvalue weighted by Gasteiger charge is -2.08. The van der Waals surface area contributed by atoms with Crippen molar-refractivity contribution in [2.45, 2.75) is 0 Å². The van der Waals surface area contributed by atoms with Crippen LogP contribution in [-0.4, -0.2) is 32.1 Å². The second kappa shape index (κ2) is 7.65. The van der Waals surface area contributed by atoms with Crippen molar-refractivity contribution in [1.82, 2.24) is 10.6 Å². The molecular formula is C13H13N2O4. The van der Waals surface area contributed by atoms with Crippen molar-refractivity contribution in [2.75, 3.05) is 13.8 Å². The van der Waals surface area contributed by atoms with Crippen molar-refractivity contribution in [3.63, 3.8) is 0 Å². The number of alkyl carbamates (subject to hydrolysis) is 1. The summed E-state index contributed by atoms with van der Waals surface area (Å²) in [5.74, 6) is -0.407. The first-order chi connectivity index (χ1) is 9.19. The molecule has 1 radical (unpaired) electrons. The largest absolute Gasteiger partial charge is 0.428 e. The fourth-order valence-corrected chi connectivity index (χ4v) is 1.31. The second-order valence-corrected chi connectivity index (χ2v) is 3.37. The van der Waals surface area contributed by atoms with Crippen molar-refractivity contribution >= 4 is 24.4 Å². The van der Waals surface area contributed by atoms with Gasteiger partial charge < -0.3 is 15.4 Å². The number of amides is 2. The molecule has 6 nitrogen and oxygen atoms in total. The predicted molar refractivity (Wildman–Crippen MR) is 69.0 cm³/mol. The number of benzene rings is 1. The van der Waals surface area contributed by atoms with E-state index in [1.807, 2.05) is 0 Å². The number of hydrogen-bond donors (Lipinski definition) is 2. The van der Waals surface area contributed by atoms with Gasteiger partial charge in [0, 0.05) is 12.6 Å². The second-order valence-electron chi connectivity index (χ2n) is 3.37. The van der Waals surface area contributed by atoms with Crippen LogP contribution in [0.5, 0.6) is 0 Å². The van der Waals surface area contributed by atoms with E-state index in [1.54, 1.807) is 30.6 Å². The fourth-order valence-electron chi connectivity index (χ4n) is 1.31. The molecule has 0 saturated heterocycles. The molecule has 2 amide bonds. The van der Waals surface area contributed by atoms with Crippen LogP contribution in [0.2, 0.25) is 0 Å². The van der Waals surface area contributed by atoms with E-state index in [0.717, 1.165) is 0 Å². The van der Waals surface area contributed by atoms with Gasteiger partial charge in [-0.15, -0.1) is 0 Å². The summed E-state index contributed by atoms with van der Waals surface area (Å²) in [6.45, 7) is -0.240. The first-order valence-corrected chi connectivity index (χ1v) is 5.45. The lowest BCUT2D eigenvalue weighted by Crippen LogP contribution is -2.31. The van der Waals surface area contributed by atoms with Gasteiger partial charge in [-0.3, -0.25) is 9.59 Å². The fraction of sp³-hybridized carbons (Fsp3) is 0.154. The van der Waals surface area contributed by atoms with E-state index in [0.29, 0.717) is 11.1 Å². The molecule has 0 spiro atoms. The average Bonchev–Trinajstić information content (AvgIpc) is 2.45. The standard InChI is InChI=1S/C13H13N2O4/c1-14-13(18)19-9-15-12(17)11-7-3-2-5-10(11)6-4-8-16/h2-7H,9H2,1H3,(H,14,18)(H,15,17)/b6-4+. The van der Waals surface area contributed by atoms with E-state index < -0.39 is 12.0 Å². The van der Waals surface area contributed by atoms with Crippen LogP contribution in [-0.2, 0) is 9.53 Å². The normalized spacial score (nSPS) is 9.95. The van der Waals surface area contributed by atoms with Gasteiger partial charge in [0.1, 0.15) is 0 Å². The molecule has 99 valence electrons. The van der Waals surface area contributed by atoms with Crippen LogP contribution in [0, 0.1) is 0 Å². The molecule has 19 heavy (non-hydrogen) atoms. The molecule has 0 aromatic heterocycles. The third-order valence-electron chi connectivity index (χ3n) is 2.18. The van der Waals surface area contributed by atoms with Crippen molar-refractivity contribution in [3.05, 3.63) is 41.5 Å². The van der Waals surface area contributed by atoms with Crippen LogP contribution in [0.15, 0.2) is 30.3 Å². The molecule has 2 N–H and O–H groups in total. The zero-order valence-electron chi connectivity index (χ0n) is 10.3. The minimum absolute atomic E-state index is 0.240. The molecule has 1 aromatic carbocycles. The Labute approximate surface area is 110 Å². The summed E-state index contributed by atoms with van der Waals surface area (Å²) in [4.78, 5) is 32.8. The van der Waals surface area contributed by atoms with Crippen LogP contribution >= 0.6 is 0 Å². The minimum atomic E-state index is -0.635. The summed E-state index contributed by atoms with van der Waals surface area (Å²) in [6, 6.07) is 6.71. The van der Waals surface area contributed by atoms with Crippen LogP contribution in [0.25, 0.3) is 6.08 Å². The first-order valence-electron chi connectivity index (χ1n) is 5.45. The van der Waals surface area contributed by atoms with E-state index in [9.17, 15) is 14.4 Å². The summed E-state index contributed by atoms with van der Waals surface area (Å²) in [5.41, 5.74) is 0.942. The van der Waals surface area contributed by atoms with Crippen LogP contribution < -0.4 is 10.6 Å². The molecular weight excluding hydrogens is 248 g/mol. The van der Waals surface area contributed by atoms with Gasteiger partial charge in [-0.05, 0) is 17.7 Å². The zero-order valence-corrected chi connectivity index (χ0v) is 10.3. The predicted octanol–water partition coefficient (Wildman–Crippen LogP) is 0.853. The highest BCUT2D eigenvalue weighted by Crippen LogP contribution is 2.10. The molecule has 1 rings (SSSR count). The lowest BCUT2D eigenvalue weighted by atomic mass is 10.1. The van der Waals surface area contributed by atoms with Crippen molar-refractivity contribution in [1.29, 1.82) is 0 Å². The molecule has 0 aliphatic heterocycles. The van der Waals surface area contributed by atoms with E-state index in [4.69, 9.17) is 0 Å². The van der Waals surface area contributed by atoms with Crippen molar-refractivity contribution in [3.8, 4) is 0 Å². The molecule has 1 aromatic rings. The number of hydrogen-bond acceptors (Lipinski definition) is 4. The highest BCUT2D eigenvalue weighted by molar-refractivity contribution is 5.98. The van der Waals surface area contributed by atoms with Crippen LogP contribution in [0.4, 0.5) is 4.79 Å². The molecule has 0 heterocycles. The lowest BCUT2D eigenvalue weighted by molar-refractivity contribution is 0.0877. The van der Waals surface area contributed by atoms with Crippen molar-refractivity contribution < 1.29 is 19.1 Å². The zero-order chi connectivity index (χ0) is 14.1. The summed E-state index contributed by atoms with van der Waals surface area (Å²) in [5, 5.41) is 4.68. The molecule has 0 aliphatic carbocycles. The molecule has 0 aliphatic rings. The summed E-state index contributed by atoms with van der Waals surface area (Å²) < 4.78 is 4.64. The van der Waals surface area contributed by atoms with E-state index >= 15 is 0 Å². The summed E-state index contributed by atoms with van der Waals surface area (Å²) in [7, 11) is 1.42.